The maximum atomic E-state index is 8.56. The summed E-state index contributed by atoms with van der Waals surface area (Å²) in [7, 11) is 4.17. The third-order valence-electron chi connectivity index (χ3n) is 1.86. The number of rotatable bonds is 4. The van der Waals surface area contributed by atoms with Crippen LogP contribution in [0.1, 0.15) is 39.0 Å². The highest BCUT2D eigenvalue weighted by molar-refractivity contribution is 8.77. The zero-order valence-corrected chi connectivity index (χ0v) is 10.1. The Morgan fingerprint density at radius 2 is 2.07 bits per heavy atom. The van der Waals surface area contributed by atoms with Crippen molar-refractivity contribution >= 4 is 27.7 Å². The third kappa shape index (κ3) is 10.1. The average Bonchev–Trinajstić information content (AvgIpc) is 2.56. The normalized spacial score (nSPS) is 19.9. The van der Waals surface area contributed by atoms with Gasteiger partial charge in [0.1, 0.15) is 0 Å². The molecule has 0 amide bonds. The number of hydrogen-bond donors (Lipinski definition) is 2. The Labute approximate surface area is 93.1 Å². The smallest absolute Gasteiger partial charge is 0.450 e. The summed E-state index contributed by atoms with van der Waals surface area (Å²) in [4.78, 5) is 8.56. The van der Waals surface area contributed by atoms with Crippen molar-refractivity contribution in [2.75, 3.05) is 5.75 Å². The maximum Gasteiger partial charge on any atom is 0.503 e. The molecule has 1 heterocycles. The molecule has 2 N–H and O–H groups in total. The predicted octanol–water partition coefficient (Wildman–Crippen LogP) is 3.94. The molecular weight excluding hydrogens is 220 g/mol. The lowest BCUT2D eigenvalue weighted by Crippen LogP contribution is -1.96. The van der Waals surface area contributed by atoms with E-state index < -0.39 is 6.16 Å². The Morgan fingerprint density at radius 1 is 1.43 bits per heavy atom. The van der Waals surface area contributed by atoms with Crippen LogP contribution in [-0.2, 0) is 0 Å². The average molecular weight is 238 g/mol. The SMILES string of the molecule is CCCCCC1CCSS1.O=C(O)O. The number of unbranched alkanes of at least 4 members (excludes halogenated alkanes) is 2. The van der Waals surface area contributed by atoms with Gasteiger partial charge in [0, 0.05) is 11.0 Å². The molecule has 1 unspecified atom stereocenters. The van der Waals surface area contributed by atoms with Crippen LogP contribution in [0.15, 0.2) is 0 Å². The molecule has 0 saturated carbocycles. The van der Waals surface area contributed by atoms with Crippen LogP contribution in [0.5, 0.6) is 0 Å². The Kier molecular flexibility index (Phi) is 9.50. The van der Waals surface area contributed by atoms with Crippen molar-refractivity contribution in [2.45, 2.75) is 44.3 Å². The fraction of sp³-hybridized carbons (Fsp3) is 0.889. The van der Waals surface area contributed by atoms with E-state index in [0.29, 0.717) is 0 Å². The minimum Gasteiger partial charge on any atom is -0.450 e. The van der Waals surface area contributed by atoms with Gasteiger partial charge in [0.25, 0.3) is 0 Å². The molecular formula is C9H18O3S2. The Morgan fingerprint density at radius 3 is 2.50 bits per heavy atom. The van der Waals surface area contributed by atoms with Gasteiger partial charge in [-0.25, -0.2) is 4.79 Å². The summed E-state index contributed by atoms with van der Waals surface area (Å²) >= 11 is 0. The number of hydrogen-bond acceptors (Lipinski definition) is 3. The minimum atomic E-state index is -1.83. The second-order valence-corrected chi connectivity index (χ2v) is 5.89. The molecule has 1 aliphatic heterocycles. The Balaban J connectivity index is 0.000000364. The van der Waals surface area contributed by atoms with Gasteiger partial charge in [-0.1, -0.05) is 47.8 Å². The summed E-state index contributed by atoms with van der Waals surface area (Å²) in [5.74, 6) is 1.39. The van der Waals surface area contributed by atoms with Crippen LogP contribution in [0.25, 0.3) is 0 Å². The summed E-state index contributed by atoms with van der Waals surface area (Å²) in [5.41, 5.74) is 0. The summed E-state index contributed by atoms with van der Waals surface area (Å²) in [6.45, 7) is 2.27. The minimum absolute atomic E-state index is 0.997. The topological polar surface area (TPSA) is 57.5 Å². The van der Waals surface area contributed by atoms with E-state index in [1.807, 2.05) is 0 Å². The molecule has 0 radical (unpaired) electrons. The first-order valence-electron chi connectivity index (χ1n) is 4.87. The third-order valence-corrected chi connectivity index (χ3v) is 4.86. The molecule has 84 valence electrons. The molecule has 14 heavy (non-hydrogen) atoms. The maximum absolute atomic E-state index is 8.56. The van der Waals surface area contributed by atoms with Crippen molar-refractivity contribution in [1.29, 1.82) is 0 Å². The van der Waals surface area contributed by atoms with E-state index in [2.05, 4.69) is 28.5 Å². The lowest BCUT2D eigenvalue weighted by atomic mass is 10.1. The zero-order valence-electron chi connectivity index (χ0n) is 8.44. The second kappa shape index (κ2) is 9.52. The number of carboxylic acid groups (broad SMARTS) is 2. The molecule has 1 fully saturated rings. The fourth-order valence-electron chi connectivity index (χ4n) is 1.19. The van der Waals surface area contributed by atoms with Gasteiger partial charge in [-0.05, 0) is 12.8 Å². The van der Waals surface area contributed by atoms with E-state index in [-0.39, 0.29) is 0 Å². The molecule has 0 aromatic rings. The van der Waals surface area contributed by atoms with Crippen molar-refractivity contribution in [3.63, 3.8) is 0 Å². The van der Waals surface area contributed by atoms with Crippen LogP contribution >= 0.6 is 21.6 Å². The van der Waals surface area contributed by atoms with Crippen molar-refractivity contribution in [1.82, 2.24) is 0 Å². The van der Waals surface area contributed by atoms with Gasteiger partial charge in [0.2, 0.25) is 0 Å². The van der Waals surface area contributed by atoms with E-state index in [4.69, 9.17) is 15.0 Å². The van der Waals surface area contributed by atoms with Crippen LogP contribution in [0, 0.1) is 0 Å². The molecule has 0 aliphatic carbocycles. The van der Waals surface area contributed by atoms with E-state index in [1.165, 1.54) is 37.9 Å². The number of carbonyl (C=O) groups is 1. The predicted molar refractivity (Wildman–Crippen MR) is 63.2 cm³/mol. The fourth-order valence-corrected chi connectivity index (χ4v) is 4.21. The van der Waals surface area contributed by atoms with E-state index in [1.54, 1.807) is 0 Å². The first kappa shape index (κ1) is 14.0. The molecule has 0 aromatic carbocycles. The summed E-state index contributed by atoms with van der Waals surface area (Å²) < 4.78 is 0. The summed E-state index contributed by atoms with van der Waals surface area (Å²) in [6.07, 6.45) is 5.34. The van der Waals surface area contributed by atoms with Crippen molar-refractivity contribution < 1.29 is 15.0 Å². The van der Waals surface area contributed by atoms with Gasteiger partial charge in [0.05, 0.1) is 0 Å². The molecule has 0 spiro atoms. The second-order valence-electron chi connectivity index (χ2n) is 3.11. The van der Waals surface area contributed by atoms with Crippen LogP contribution in [0.4, 0.5) is 4.79 Å². The molecule has 5 heteroatoms. The monoisotopic (exact) mass is 238 g/mol. The van der Waals surface area contributed by atoms with Crippen LogP contribution in [0.3, 0.4) is 0 Å². The van der Waals surface area contributed by atoms with Gasteiger partial charge >= 0.3 is 6.16 Å². The molecule has 1 aliphatic rings. The highest BCUT2D eigenvalue weighted by Gasteiger charge is 2.14. The Hall–Kier alpha value is -0.0300. The first-order valence-corrected chi connectivity index (χ1v) is 7.25. The van der Waals surface area contributed by atoms with Crippen molar-refractivity contribution in [2.24, 2.45) is 0 Å². The van der Waals surface area contributed by atoms with Gasteiger partial charge < -0.3 is 10.2 Å². The highest BCUT2D eigenvalue weighted by Crippen LogP contribution is 2.39. The van der Waals surface area contributed by atoms with Gasteiger partial charge in [0.15, 0.2) is 0 Å². The first-order chi connectivity index (χ1) is 6.66. The van der Waals surface area contributed by atoms with Gasteiger partial charge in [-0.2, -0.15) is 0 Å². The summed E-state index contributed by atoms with van der Waals surface area (Å²) in [5, 5.41) is 14.9. The lowest BCUT2D eigenvalue weighted by molar-refractivity contribution is 0.137. The lowest BCUT2D eigenvalue weighted by Gasteiger charge is -2.04. The van der Waals surface area contributed by atoms with E-state index in [0.717, 1.165) is 5.25 Å². The van der Waals surface area contributed by atoms with Gasteiger partial charge in [-0.15, -0.1) is 0 Å². The zero-order chi connectivity index (χ0) is 10.8. The summed E-state index contributed by atoms with van der Waals surface area (Å²) in [6, 6.07) is 0. The molecule has 0 bridgehead atoms. The highest BCUT2D eigenvalue weighted by atomic mass is 33.1. The largest absolute Gasteiger partial charge is 0.503 e. The van der Waals surface area contributed by atoms with E-state index >= 15 is 0 Å². The van der Waals surface area contributed by atoms with Crippen LogP contribution < -0.4 is 0 Å². The molecule has 1 saturated heterocycles. The van der Waals surface area contributed by atoms with Crippen LogP contribution in [-0.4, -0.2) is 27.4 Å². The van der Waals surface area contributed by atoms with Gasteiger partial charge in [-0.3, -0.25) is 0 Å². The standard InChI is InChI=1S/C8H16S2.CH2O3/c1-2-3-4-5-8-6-7-9-10-8;2-1(3)4/h8H,2-7H2,1H3;(H2,2,3,4). The Bertz CT molecular complexity index is 143. The quantitative estimate of drug-likeness (QED) is 0.574. The molecule has 1 atom stereocenters. The molecule has 1 rings (SSSR count). The van der Waals surface area contributed by atoms with E-state index in [9.17, 15) is 0 Å². The van der Waals surface area contributed by atoms with Crippen LogP contribution in [0.2, 0.25) is 0 Å². The van der Waals surface area contributed by atoms with Crippen molar-refractivity contribution in [3.8, 4) is 0 Å². The van der Waals surface area contributed by atoms with Crippen molar-refractivity contribution in [3.05, 3.63) is 0 Å². The molecule has 3 nitrogen and oxygen atoms in total. The molecule has 0 aromatic heterocycles.